The minimum Gasteiger partial charge on any atom is -0.494 e. The summed E-state index contributed by atoms with van der Waals surface area (Å²) >= 11 is 1.51. The summed E-state index contributed by atoms with van der Waals surface area (Å²) in [5, 5.41) is 5.58. The molecule has 2 rings (SSSR count). The second-order valence-corrected chi connectivity index (χ2v) is 5.81. The highest BCUT2D eigenvalue weighted by Crippen LogP contribution is 2.18. The maximum absolute atomic E-state index is 13.6. The van der Waals surface area contributed by atoms with E-state index in [1.807, 2.05) is 12.3 Å². The van der Waals surface area contributed by atoms with Crippen LogP contribution in [-0.4, -0.2) is 30.1 Å². The van der Waals surface area contributed by atoms with Crippen LogP contribution in [0.25, 0.3) is 0 Å². The number of urea groups is 1. The van der Waals surface area contributed by atoms with Gasteiger partial charge in [0.1, 0.15) is 5.01 Å². The van der Waals surface area contributed by atoms with Gasteiger partial charge in [0.25, 0.3) is 0 Å². The van der Waals surface area contributed by atoms with Crippen molar-refractivity contribution in [1.29, 1.82) is 0 Å². The first-order valence-electron chi connectivity index (χ1n) is 6.72. The summed E-state index contributed by atoms with van der Waals surface area (Å²) in [7, 11) is 3.07. The van der Waals surface area contributed by atoms with E-state index in [-0.39, 0.29) is 11.8 Å². The normalized spacial score (nSPS) is 10.4. The summed E-state index contributed by atoms with van der Waals surface area (Å²) in [5.41, 5.74) is 1.64. The van der Waals surface area contributed by atoms with E-state index in [1.54, 1.807) is 19.2 Å². The van der Waals surface area contributed by atoms with Gasteiger partial charge in [-0.15, -0.1) is 11.3 Å². The van der Waals surface area contributed by atoms with E-state index in [0.717, 1.165) is 10.7 Å². The monoisotopic (exact) mass is 323 g/mol. The third-order valence-corrected chi connectivity index (χ3v) is 4.01. The van der Waals surface area contributed by atoms with Crippen molar-refractivity contribution < 1.29 is 13.9 Å². The van der Waals surface area contributed by atoms with Gasteiger partial charge in [0.15, 0.2) is 11.6 Å². The summed E-state index contributed by atoms with van der Waals surface area (Å²) in [6, 6.07) is 4.42. The molecule has 0 aliphatic rings. The molecule has 0 spiro atoms. The molecular formula is C15H18FN3O2S. The molecule has 0 atom stereocenters. The topological polar surface area (TPSA) is 54.5 Å². The molecule has 5 nitrogen and oxygen atoms in total. The van der Waals surface area contributed by atoms with Gasteiger partial charge in [-0.25, -0.2) is 14.2 Å². The van der Waals surface area contributed by atoms with Crippen LogP contribution in [0.4, 0.5) is 9.18 Å². The molecule has 2 amide bonds. The first-order valence-corrected chi connectivity index (χ1v) is 7.60. The SMILES string of the molecule is COc1ccc(CN(C)C(=O)NCc2nc(C)cs2)cc1F. The number of rotatable bonds is 5. The number of carbonyl (C=O) groups is 1. The number of aryl methyl sites for hydroxylation is 1. The van der Waals surface area contributed by atoms with E-state index in [0.29, 0.717) is 18.7 Å². The first-order chi connectivity index (χ1) is 10.5. The molecule has 0 radical (unpaired) electrons. The number of hydrogen-bond donors (Lipinski definition) is 1. The fraction of sp³-hybridized carbons (Fsp3) is 0.333. The zero-order chi connectivity index (χ0) is 16.1. The van der Waals surface area contributed by atoms with Crippen molar-refractivity contribution in [3.8, 4) is 5.75 Å². The van der Waals surface area contributed by atoms with Crippen molar-refractivity contribution in [2.24, 2.45) is 0 Å². The van der Waals surface area contributed by atoms with Crippen molar-refractivity contribution >= 4 is 17.4 Å². The maximum Gasteiger partial charge on any atom is 0.317 e. The van der Waals surface area contributed by atoms with Crippen LogP contribution in [0.1, 0.15) is 16.3 Å². The molecule has 1 aromatic heterocycles. The molecule has 0 unspecified atom stereocenters. The minimum absolute atomic E-state index is 0.190. The van der Waals surface area contributed by atoms with E-state index in [1.165, 1.54) is 29.4 Å². The summed E-state index contributed by atoms with van der Waals surface area (Å²) in [4.78, 5) is 17.8. The number of nitrogens with one attached hydrogen (secondary N) is 1. The van der Waals surface area contributed by atoms with Gasteiger partial charge in [0, 0.05) is 24.7 Å². The molecule has 7 heteroatoms. The number of benzene rings is 1. The van der Waals surface area contributed by atoms with Crippen LogP contribution in [0.2, 0.25) is 0 Å². The van der Waals surface area contributed by atoms with Crippen molar-refractivity contribution in [3.05, 3.63) is 45.7 Å². The Kier molecular flexibility index (Phi) is 5.32. The van der Waals surface area contributed by atoms with Gasteiger partial charge in [0.2, 0.25) is 0 Å². The van der Waals surface area contributed by atoms with Crippen LogP contribution >= 0.6 is 11.3 Å². The van der Waals surface area contributed by atoms with Gasteiger partial charge >= 0.3 is 6.03 Å². The molecule has 1 aromatic carbocycles. The first kappa shape index (κ1) is 16.2. The van der Waals surface area contributed by atoms with E-state index in [2.05, 4.69) is 10.3 Å². The Balaban J connectivity index is 1.89. The average Bonchev–Trinajstić information content (AvgIpc) is 2.90. The zero-order valence-electron chi connectivity index (χ0n) is 12.7. The van der Waals surface area contributed by atoms with Crippen molar-refractivity contribution in [2.75, 3.05) is 14.2 Å². The number of amides is 2. The Morgan fingerprint density at radius 1 is 1.50 bits per heavy atom. The molecule has 118 valence electrons. The van der Waals surface area contributed by atoms with Crippen LogP contribution < -0.4 is 10.1 Å². The Morgan fingerprint density at radius 3 is 2.86 bits per heavy atom. The molecule has 2 aromatic rings. The number of ether oxygens (including phenoxy) is 1. The molecule has 1 N–H and O–H groups in total. The molecular weight excluding hydrogens is 305 g/mol. The second-order valence-electron chi connectivity index (χ2n) is 4.87. The van der Waals surface area contributed by atoms with E-state index in [4.69, 9.17) is 4.74 Å². The lowest BCUT2D eigenvalue weighted by atomic mass is 10.2. The van der Waals surface area contributed by atoms with E-state index in [9.17, 15) is 9.18 Å². The van der Waals surface area contributed by atoms with Crippen LogP contribution in [0.3, 0.4) is 0 Å². The standard InChI is InChI=1S/C15H18FN3O2S/c1-10-9-22-14(18-10)7-17-15(20)19(2)8-11-4-5-13(21-3)12(16)6-11/h4-6,9H,7-8H2,1-3H3,(H,17,20). The van der Waals surface area contributed by atoms with Crippen molar-refractivity contribution in [2.45, 2.75) is 20.0 Å². The number of thiazole rings is 1. The Hall–Kier alpha value is -2.15. The average molecular weight is 323 g/mol. The third kappa shape index (κ3) is 4.17. The van der Waals surface area contributed by atoms with Crippen LogP contribution in [0, 0.1) is 12.7 Å². The summed E-state index contributed by atoms with van der Waals surface area (Å²) in [6.45, 7) is 2.61. The largest absolute Gasteiger partial charge is 0.494 e. The smallest absolute Gasteiger partial charge is 0.317 e. The Morgan fingerprint density at radius 2 is 2.27 bits per heavy atom. The minimum atomic E-state index is -0.438. The highest BCUT2D eigenvalue weighted by atomic mass is 32.1. The number of aromatic nitrogens is 1. The van der Waals surface area contributed by atoms with Crippen LogP contribution in [-0.2, 0) is 13.1 Å². The third-order valence-electron chi connectivity index (χ3n) is 3.04. The molecule has 0 aliphatic carbocycles. The van der Waals surface area contributed by atoms with Crippen molar-refractivity contribution in [1.82, 2.24) is 15.2 Å². The van der Waals surface area contributed by atoms with Gasteiger partial charge in [0.05, 0.1) is 13.7 Å². The summed E-state index contributed by atoms with van der Waals surface area (Å²) < 4.78 is 18.5. The lowest BCUT2D eigenvalue weighted by molar-refractivity contribution is 0.206. The predicted molar refractivity (Wildman–Crippen MR) is 83.5 cm³/mol. The van der Waals surface area contributed by atoms with E-state index < -0.39 is 5.82 Å². The molecule has 1 heterocycles. The lowest BCUT2D eigenvalue weighted by Crippen LogP contribution is -2.36. The zero-order valence-corrected chi connectivity index (χ0v) is 13.5. The van der Waals surface area contributed by atoms with E-state index >= 15 is 0 Å². The number of carbonyl (C=O) groups excluding carboxylic acids is 1. The van der Waals surface area contributed by atoms with Crippen LogP contribution in [0.5, 0.6) is 5.75 Å². The molecule has 0 aliphatic heterocycles. The molecule has 22 heavy (non-hydrogen) atoms. The Bertz CT molecular complexity index is 660. The quantitative estimate of drug-likeness (QED) is 0.920. The summed E-state index contributed by atoms with van der Waals surface area (Å²) in [5.74, 6) is -0.248. The van der Waals surface area contributed by atoms with Gasteiger partial charge < -0.3 is 15.0 Å². The highest BCUT2D eigenvalue weighted by molar-refractivity contribution is 7.09. The predicted octanol–water partition coefficient (Wildman–Crippen LogP) is 2.94. The molecule has 0 fully saturated rings. The molecule has 0 bridgehead atoms. The number of halogens is 1. The van der Waals surface area contributed by atoms with Crippen molar-refractivity contribution in [3.63, 3.8) is 0 Å². The van der Waals surface area contributed by atoms with Gasteiger partial charge in [-0.1, -0.05) is 6.07 Å². The maximum atomic E-state index is 13.6. The van der Waals surface area contributed by atoms with Gasteiger partial charge in [-0.2, -0.15) is 0 Å². The number of methoxy groups -OCH3 is 1. The Labute approximate surface area is 132 Å². The van der Waals surface area contributed by atoms with Gasteiger partial charge in [-0.3, -0.25) is 0 Å². The highest BCUT2D eigenvalue weighted by Gasteiger charge is 2.11. The van der Waals surface area contributed by atoms with Crippen LogP contribution in [0.15, 0.2) is 23.6 Å². The molecule has 0 saturated heterocycles. The summed E-state index contributed by atoms with van der Waals surface area (Å²) in [6.07, 6.45) is 0. The number of hydrogen-bond acceptors (Lipinski definition) is 4. The fourth-order valence-corrected chi connectivity index (χ4v) is 2.64. The molecule has 0 saturated carbocycles. The lowest BCUT2D eigenvalue weighted by Gasteiger charge is -2.18. The number of nitrogens with zero attached hydrogens (tertiary/aromatic N) is 2. The van der Waals surface area contributed by atoms with Gasteiger partial charge in [-0.05, 0) is 24.6 Å². The second kappa shape index (κ2) is 7.22. The fourth-order valence-electron chi connectivity index (χ4n) is 1.92.